The summed E-state index contributed by atoms with van der Waals surface area (Å²) in [5.74, 6) is -1.28. The van der Waals surface area contributed by atoms with Crippen LogP contribution >= 0.6 is 11.8 Å². The molecule has 2 amide bonds. The van der Waals surface area contributed by atoms with Gasteiger partial charge in [-0.15, -0.1) is 11.8 Å². The number of rotatable bonds is 6. The molecule has 1 heterocycles. The Morgan fingerprint density at radius 3 is 2.67 bits per heavy atom. The van der Waals surface area contributed by atoms with E-state index in [0.29, 0.717) is 12.2 Å². The van der Waals surface area contributed by atoms with Crippen LogP contribution in [0, 0.1) is 0 Å². The van der Waals surface area contributed by atoms with Gasteiger partial charge in [0.05, 0.1) is 11.7 Å². The van der Waals surface area contributed by atoms with Gasteiger partial charge in [0.2, 0.25) is 0 Å². The fourth-order valence-corrected chi connectivity index (χ4v) is 4.36. The Morgan fingerprint density at radius 2 is 1.93 bits per heavy atom. The Kier molecular flexibility index (Phi) is 7.39. The number of fused-ring (bicyclic) bond motifs is 1. The Hall–Kier alpha value is -2.51. The van der Waals surface area contributed by atoms with Crippen LogP contribution in [0.1, 0.15) is 23.6 Å². The van der Waals surface area contributed by atoms with Crippen LogP contribution < -0.4 is 15.5 Å². The summed E-state index contributed by atoms with van der Waals surface area (Å²) in [4.78, 5) is 30.1. The summed E-state index contributed by atoms with van der Waals surface area (Å²) in [5.41, 5.74) is 4.40. The number of likely N-dealkylation sites (N-methyl/N-ethyl adjacent to an activating group) is 1. The number of amides is 2. The van der Waals surface area contributed by atoms with Crippen molar-refractivity contribution in [2.45, 2.75) is 23.8 Å². The fraction of sp³-hybridized carbons (Fsp3) is 0.391. The Bertz CT molecular complexity index is 916. The third-order valence-corrected chi connectivity index (χ3v) is 6.28. The van der Waals surface area contributed by atoms with Crippen LogP contribution in [0.15, 0.2) is 47.4 Å². The van der Waals surface area contributed by atoms with Gasteiger partial charge >= 0.3 is 11.8 Å². The average molecular weight is 427 g/mol. The molecule has 2 aromatic rings. The molecule has 0 saturated heterocycles. The first-order valence-corrected chi connectivity index (χ1v) is 11.4. The molecule has 0 fully saturated rings. The SMILES string of the molecule is CSc1ccccc1NC(=O)C(=O)NCC(c1ccc2c(c1)CCCN2C)N(C)C. The predicted octanol–water partition coefficient (Wildman–Crippen LogP) is 3.15. The van der Waals surface area contributed by atoms with Crippen molar-refractivity contribution >= 4 is 35.0 Å². The van der Waals surface area contributed by atoms with Crippen LogP contribution in [-0.4, -0.2) is 57.2 Å². The molecule has 1 unspecified atom stereocenters. The molecule has 2 N–H and O–H groups in total. The topological polar surface area (TPSA) is 64.7 Å². The first-order valence-electron chi connectivity index (χ1n) is 10.1. The number of anilines is 2. The van der Waals surface area contributed by atoms with Gasteiger partial charge in [0.25, 0.3) is 0 Å². The highest BCUT2D eigenvalue weighted by Gasteiger charge is 2.21. The first kappa shape index (κ1) is 22.2. The Morgan fingerprint density at radius 1 is 1.17 bits per heavy atom. The van der Waals surface area contributed by atoms with Crippen molar-refractivity contribution in [3.05, 3.63) is 53.6 Å². The maximum atomic E-state index is 12.4. The lowest BCUT2D eigenvalue weighted by Crippen LogP contribution is -2.40. The molecular weight excluding hydrogens is 396 g/mol. The van der Waals surface area contributed by atoms with E-state index in [1.54, 1.807) is 6.07 Å². The normalized spacial score (nSPS) is 14.2. The van der Waals surface area contributed by atoms with E-state index < -0.39 is 11.8 Å². The number of hydrogen-bond donors (Lipinski definition) is 2. The minimum Gasteiger partial charge on any atom is -0.374 e. The number of para-hydroxylation sites is 1. The molecule has 0 spiro atoms. The van der Waals surface area contributed by atoms with Crippen LogP contribution in [-0.2, 0) is 16.0 Å². The van der Waals surface area contributed by atoms with Gasteiger partial charge in [-0.25, -0.2) is 0 Å². The van der Waals surface area contributed by atoms with Crippen LogP contribution in [0.25, 0.3) is 0 Å². The molecule has 30 heavy (non-hydrogen) atoms. The molecule has 1 atom stereocenters. The second kappa shape index (κ2) is 10.00. The molecule has 0 bridgehead atoms. The largest absolute Gasteiger partial charge is 0.374 e. The molecule has 160 valence electrons. The summed E-state index contributed by atoms with van der Waals surface area (Å²) in [5, 5.41) is 5.51. The minimum atomic E-state index is -0.652. The van der Waals surface area contributed by atoms with Crippen molar-refractivity contribution in [2.24, 2.45) is 0 Å². The van der Waals surface area contributed by atoms with Crippen molar-refractivity contribution < 1.29 is 9.59 Å². The lowest BCUT2D eigenvalue weighted by molar-refractivity contribution is -0.136. The van der Waals surface area contributed by atoms with Crippen LogP contribution in [0.5, 0.6) is 0 Å². The lowest BCUT2D eigenvalue weighted by atomic mass is 9.96. The molecule has 0 aromatic heterocycles. The van der Waals surface area contributed by atoms with Gasteiger partial charge in [0.15, 0.2) is 0 Å². The second-order valence-corrected chi connectivity index (χ2v) is 8.61. The van der Waals surface area contributed by atoms with Gasteiger partial charge < -0.3 is 20.4 Å². The summed E-state index contributed by atoms with van der Waals surface area (Å²) in [6, 6.07) is 13.9. The van der Waals surface area contributed by atoms with E-state index in [9.17, 15) is 9.59 Å². The van der Waals surface area contributed by atoms with Crippen molar-refractivity contribution in [1.82, 2.24) is 10.2 Å². The van der Waals surface area contributed by atoms with Gasteiger partial charge in [0, 0.05) is 30.7 Å². The summed E-state index contributed by atoms with van der Waals surface area (Å²) in [6.45, 7) is 1.44. The first-order chi connectivity index (χ1) is 14.4. The van der Waals surface area contributed by atoms with Crippen molar-refractivity contribution in [3.8, 4) is 0 Å². The third kappa shape index (κ3) is 5.15. The van der Waals surface area contributed by atoms with Crippen LogP contribution in [0.4, 0.5) is 11.4 Å². The molecular formula is C23H30N4O2S. The van der Waals surface area contributed by atoms with E-state index in [2.05, 4.69) is 45.7 Å². The van der Waals surface area contributed by atoms with Crippen molar-refractivity contribution in [2.75, 3.05) is 50.7 Å². The number of thioether (sulfide) groups is 1. The number of nitrogens with one attached hydrogen (secondary N) is 2. The van der Waals surface area contributed by atoms with Crippen molar-refractivity contribution in [3.63, 3.8) is 0 Å². The quantitative estimate of drug-likeness (QED) is 0.549. The van der Waals surface area contributed by atoms with Crippen LogP contribution in [0.2, 0.25) is 0 Å². The van der Waals surface area contributed by atoms with E-state index in [1.807, 2.05) is 38.6 Å². The number of nitrogens with zero attached hydrogens (tertiary/aromatic N) is 2. The second-order valence-electron chi connectivity index (χ2n) is 7.76. The van der Waals surface area contributed by atoms with E-state index >= 15 is 0 Å². The fourth-order valence-electron chi connectivity index (χ4n) is 3.81. The number of benzene rings is 2. The zero-order valence-corrected chi connectivity index (χ0v) is 18.9. The van der Waals surface area contributed by atoms with Gasteiger partial charge in [0.1, 0.15) is 0 Å². The Labute approximate surface area is 183 Å². The number of hydrogen-bond acceptors (Lipinski definition) is 5. The zero-order valence-electron chi connectivity index (χ0n) is 18.1. The van der Waals surface area contributed by atoms with E-state index in [0.717, 1.165) is 29.8 Å². The molecule has 6 nitrogen and oxygen atoms in total. The predicted molar refractivity (Wildman–Crippen MR) is 124 cm³/mol. The number of carbonyl (C=O) groups is 2. The smallest absolute Gasteiger partial charge is 0.313 e. The van der Waals surface area contributed by atoms with E-state index in [4.69, 9.17) is 0 Å². The van der Waals surface area contributed by atoms with Crippen LogP contribution in [0.3, 0.4) is 0 Å². The van der Waals surface area contributed by atoms with E-state index in [1.165, 1.54) is 23.0 Å². The Balaban J connectivity index is 1.66. The monoisotopic (exact) mass is 426 g/mol. The number of carbonyl (C=O) groups excluding carboxylic acids is 2. The highest BCUT2D eigenvalue weighted by atomic mass is 32.2. The number of aryl methyl sites for hydroxylation is 1. The van der Waals surface area contributed by atoms with Gasteiger partial charge in [-0.2, -0.15) is 0 Å². The van der Waals surface area contributed by atoms with Gasteiger partial charge in [-0.05, 0) is 62.5 Å². The molecule has 0 aliphatic carbocycles. The summed E-state index contributed by atoms with van der Waals surface area (Å²) in [6.07, 6.45) is 4.15. The minimum absolute atomic E-state index is 0.0160. The standard InChI is InChI=1S/C23H30N4O2S/c1-26(2)20(17-11-12-19-16(14-17)8-7-13-27(19)3)15-24-22(28)23(29)25-18-9-5-6-10-21(18)30-4/h5-6,9-12,14,20H,7-8,13,15H2,1-4H3,(H,24,28)(H,25,29). The maximum absolute atomic E-state index is 12.4. The molecule has 1 aliphatic rings. The molecule has 0 radical (unpaired) electrons. The molecule has 0 saturated carbocycles. The maximum Gasteiger partial charge on any atom is 0.313 e. The summed E-state index contributed by atoms with van der Waals surface area (Å²) < 4.78 is 0. The molecule has 3 rings (SSSR count). The van der Waals surface area contributed by atoms with Gasteiger partial charge in [-0.3, -0.25) is 9.59 Å². The van der Waals surface area contributed by atoms with Gasteiger partial charge in [-0.1, -0.05) is 24.3 Å². The highest BCUT2D eigenvalue weighted by molar-refractivity contribution is 7.98. The highest BCUT2D eigenvalue weighted by Crippen LogP contribution is 2.30. The van der Waals surface area contributed by atoms with Crippen molar-refractivity contribution in [1.29, 1.82) is 0 Å². The third-order valence-electron chi connectivity index (χ3n) is 5.48. The molecule has 2 aromatic carbocycles. The lowest BCUT2D eigenvalue weighted by Gasteiger charge is -2.30. The molecule has 1 aliphatic heterocycles. The zero-order chi connectivity index (χ0) is 21.7. The summed E-state index contributed by atoms with van der Waals surface area (Å²) in [7, 11) is 6.09. The average Bonchev–Trinajstić information content (AvgIpc) is 2.74. The molecule has 7 heteroatoms. The summed E-state index contributed by atoms with van der Waals surface area (Å²) >= 11 is 1.52. The van der Waals surface area contributed by atoms with E-state index in [-0.39, 0.29) is 6.04 Å².